The molecular formula is C12H18O. The molecule has 1 aromatic carbocycles. The van der Waals surface area contributed by atoms with Crippen molar-refractivity contribution in [2.45, 2.75) is 33.8 Å². The molecule has 0 fully saturated rings. The van der Waals surface area contributed by atoms with Gasteiger partial charge in [0, 0.05) is 0 Å². The maximum Gasteiger partial charge on any atom is 0.0681 e. The van der Waals surface area contributed by atoms with E-state index in [1.54, 1.807) is 0 Å². The fourth-order valence-corrected chi connectivity index (χ4v) is 1.53. The van der Waals surface area contributed by atoms with E-state index in [2.05, 4.69) is 32.9 Å². The van der Waals surface area contributed by atoms with Crippen LogP contribution < -0.4 is 0 Å². The van der Waals surface area contributed by atoms with Crippen molar-refractivity contribution in [2.24, 2.45) is 5.92 Å². The largest absolute Gasteiger partial charge is 0.392 e. The van der Waals surface area contributed by atoms with Gasteiger partial charge in [-0.25, -0.2) is 0 Å². The van der Waals surface area contributed by atoms with Crippen LogP contribution in [0, 0.1) is 12.8 Å². The molecule has 0 aliphatic heterocycles. The van der Waals surface area contributed by atoms with E-state index in [1.807, 2.05) is 6.07 Å². The quantitative estimate of drug-likeness (QED) is 0.754. The highest BCUT2D eigenvalue weighted by atomic mass is 16.3. The van der Waals surface area contributed by atoms with Crippen LogP contribution in [-0.4, -0.2) is 5.11 Å². The molecule has 1 heteroatoms. The molecule has 0 bridgehead atoms. The summed E-state index contributed by atoms with van der Waals surface area (Å²) in [4.78, 5) is 0. The highest BCUT2D eigenvalue weighted by Crippen LogP contribution is 2.15. The first-order valence-electron chi connectivity index (χ1n) is 4.82. The molecule has 0 aliphatic carbocycles. The molecule has 0 saturated heterocycles. The molecule has 72 valence electrons. The highest BCUT2D eigenvalue weighted by Gasteiger charge is 2.01. The summed E-state index contributed by atoms with van der Waals surface area (Å²) < 4.78 is 0. The predicted octanol–water partition coefficient (Wildman–Crippen LogP) is 2.69. The molecule has 0 amide bonds. The zero-order valence-electron chi connectivity index (χ0n) is 8.67. The summed E-state index contributed by atoms with van der Waals surface area (Å²) in [6, 6.07) is 6.20. The summed E-state index contributed by atoms with van der Waals surface area (Å²) in [7, 11) is 0. The van der Waals surface area contributed by atoms with Gasteiger partial charge in [-0.05, 0) is 36.0 Å². The third-order valence-corrected chi connectivity index (χ3v) is 2.22. The number of rotatable bonds is 3. The molecule has 1 N–H and O–H groups in total. The Labute approximate surface area is 80.4 Å². The van der Waals surface area contributed by atoms with Gasteiger partial charge in [-0.15, -0.1) is 0 Å². The lowest BCUT2D eigenvalue weighted by Gasteiger charge is -2.09. The van der Waals surface area contributed by atoms with E-state index < -0.39 is 0 Å². The Bertz CT molecular complexity index is 276. The first kappa shape index (κ1) is 10.3. The Morgan fingerprint density at radius 2 is 2.00 bits per heavy atom. The van der Waals surface area contributed by atoms with Crippen molar-refractivity contribution in [3.8, 4) is 0 Å². The Hall–Kier alpha value is -0.820. The number of aliphatic hydroxyl groups is 1. The Morgan fingerprint density at radius 3 is 2.46 bits per heavy atom. The molecule has 0 aromatic heterocycles. The van der Waals surface area contributed by atoms with Crippen LogP contribution >= 0.6 is 0 Å². The summed E-state index contributed by atoms with van der Waals surface area (Å²) in [6.45, 7) is 6.69. The normalized spacial score (nSPS) is 10.8. The fraction of sp³-hybridized carbons (Fsp3) is 0.500. The lowest BCUT2D eigenvalue weighted by Crippen LogP contribution is -1.97. The van der Waals surface area contributed by atoms with Gasteiger partial charge in [-0.2, -0.15) is 0 Å². The van der Waals surface area contributed by atoms with Crippen molar-refractivity contribution in [3.05, 3.63) is 34.9 Å². The van der Waals surface area contributed by atoms with E-state index in [4.69, 9.17) is 5.11 Å². The molecular weight excluding hydrogens is 160 g/mol. The SMILES string of the molecule is Cc1cc(CO)ccc1CC(C)C. The molecule has 0 saturated carbocycles. The van der Waals surface area contributed by atoms with E-state index in [1.165, 1.54) is 11.1 Å². The summed E-state index contributed by atoms with van der Waals surface area (Å²) in [5.41, 5.74) is 3.69. The minimum Gasteiger partial charge on any atom is -0.392 e. The van der Waals surface area contributed by atoms with Crippen LogP contribution in [0.5, 0.6) is 0 Å². The van der Waals surface area contributed by atoms with Gasteiger partial charge >= 0.3 is 0 Å². The molecule has 0 aliphatic rings. The van der Waals surface area contributed by atoms with Crippen molar-refractivity contribution < 1.29 is 5.11 Å². The van der Waals surface area contributed by atoms with Gasteiger partial charge < -0.3 is 5.11 Å². The second-order valence-electron chi connectivity index (χ2n) is 4.02. The van der Waals surface area contributed by atoms with E-state index in [0.717, 1.165) is 12.0 Å². The minimum absolute atomic E-state index is 0.142. The molecule has 0 unspecified atom stereocenters. The lowest BCUT2D eigenvalue weighted by atomic mass is 9.97. The molecule has 0 radical (unpaired) electrons. The number of hydrogen-bond donors (Lipinski definition) is 1. The smallest absolute Gasteiger partial charge is 0.0681 e. The summed E-state index contributed by atoms with van der Waals surface area (Å²) >= 11 is 0. The molecule has 0 spiro atoms. The maximum absolute atomic E-state index is 8.93. The van der Waals surface area contributed by atoms with Crippen molar-refractivity contribution in [1.82, 2.24) is 0 Å². The standard InChI is InChI=1S/C12H18O/c1-9(2)6-12-5-4-11(8-13)7-10(12)3/h4-5,7,9,13H,6,8H2,1-3H3. The first-order chi connectivity index (χ1) is 6.13. The third-order valence-electron chi connectivity index (χ3n) is 2.22. The average molecular weight is 178 g/mol. The summed E-state index contributed by atoms with van der Waals surface area (Å²) in [5, 5.41) is 8.93. The van der Waals surface area contributed by atoms with Gasteiger partial charge in [0.1, 0.15) is 0 Å². The van der Waals surface area contributed by atoms with Crippen LogP contribution in [-0.2, 0) is 13.0 Å². The van der Waals surface area contributed by atoms with E-state index in [-0.39, 0.29) is 6.61 Å². The zero-order chi connectivity index (χ0) is 9.84. The minimum atomic E-state index is 0.142. The maximum atomic E-state index is 8.93. The van der Waals surface area contributed by atoms with Crippen LogP contribution in [0.1, 0.15) is 30.5 Å². The second-order valence-corrected chi connectivity index (χ2v) is 4.02. The third kappa shape index (κ3) is 2.85. The monoisotopic (exact) mass is 178 g/mol. The van der Waals surface area contributed by atoms with Crippen LogP contribution in [0.25, 0.3) is 0 Å². The van der Waals surface area contributed by atoms with Crippen molar-refractivity contribution in [1.29, 1.82) is 0 Å². The van der Waals surface area contributed by atoms with Crippen molar-refractivity contribution in [2.75, 3.05) is 0 Å². The van der Waals surface area contributed by atoms with Gasteiger partial charge in [0.2, 0.25) is 0 Å². The van der Waals surface area contributed by atoms with Crippen LogP contribution in [0.4, 0.5) is 0 Å². The number of aryl methyl sites for hydroxylation is 1. The number of hydrogen-bond acceptors (Lipinski definition) is 1. The summed E-state index contributed by atoms with van der Waals surface area (Å²) in [6.07, 6.45) is 1.12. The predicted molar refractivity (Wildman–Crippen MR) is 55.6 cm³/mol. The molecule has 0 atom stereocenters. The Morgan fingerprint density at radius 1 is 1.31 bits per heavy atom. The van der Waals surface area contributed by atoms with E-state index in [0.29, 0.717) is 5.92 Å². The summed E-state index contributed by atoms with van der Waals surface area (Å²) in [5.74, 6) is 0.693. The highest BCUT2D eigenvalue weighted by molar-refractivity contribution is 5.30. The van der Waals surface area contributed by atoms with Gasteiger partial charge in [0.15, 0.2) is 0 Å². The van der Waals surface area contributed by atoms with Gasteiger partial charge in [-0.1, -0.05) is 32.0 Å². The molecule has 0 heterocycles. The number of benzene rings is 1. The van der Waals surface area contributed by atoms with Gasteiger partial charge in [-0.3, -0.25) is 0 Å². The topological polar surface area (TPSA) is 20.2 Å². The Balaban J connectivity index is 2.85. The van der Waals surface area contributed by atoms with Gasteiger partial charge in [0.05, 0.1) is 6.61 Å². The zero-order valence-corrected chi connectivity index (χ0v) is 8.67. The van der Waals surface area contributed by atoms with Crippen LogP contribution in [0.3, 0.4) is 0 Å². The Kier molecular flexibility index (Phi) is 3.49. The van der Waals surface area contributed by atoms with Crippen LogP contribution in [0.15, 0.2) is 18.2 Å². The molecule has 1 nitrogen and oxygen atoms in total. The molecule has 13 heavy (non-hydrogen) atoms. The van der Waals surface area contributed by atoms with E-state index in [9.17, 15) is 0 Å². The first-order valence-corrected chi connectivity index (χ1v) is 4.82. The second kappa shape index (κ2) is 4.43. The van der Waals surface area contributed by atoms with Crippen molar-refractivity contribution in [3.63, 3.8) is 0 Å². The number of aliphatic hydroxyl groups excluding tert-OH is 1. The van der Waals surface area contributed by atoms with Crippen molar-refractivity contribution >= 4 is 0 Å². The van der Waals surface area contributed by atoms with E-state index >= 15 is 0 Å². The van der Waals surface area contributed by atoms with Gasteiger partial charge in [0.25, 0.3) is 0 Å². The molecule has 1 aromatic rings. The van der Waals surface area contributed by atoms with Crippen LogP contribution in [0.2, 0.25) is 0 Å². The fourth-order valence-electron chi connectivity index (χ4n) is 1.53. The lowest BCUT2D eigenvalue weighted by molar-refractivity contribution is 0.281. The molecule has 1 rings (SSSR count). The average Bonchev–Trinajstić information content (AvgIpc) is 2.08.